The van der Waals surface area contributed by atoms with Crippen molar-refractivity contribution in [2.24, 2.45) is 4.99 Å². The average molecular weight is 213 g/mol. The van der Waals surface area contributed by atoms with Crippen molar-refractivity contribution in [3.05, 3.63) is 53.9 Å². The van der Waals surface area contributed by atoms with Crippen LogP contribution in [0.1, 0.15) is 11.1 Å². The monoisotopic (exact) mass is 213 g/mol. The number of hydrogen-bond donors (Lipinski definition) is 0. The molecule has 0 aromatic heterocycles. The van der Waals surface area contributed by atoms with Crippen LogP contribution in [0.3, 0.4) is 0 Å². The van der Waals surface area contributed by atoms with Gasteiger partial charge in [0.15, 0.2) is 0 Å². The van der Waals surface area contributed by atoms with E-state index in [1.165, 1.54) is 0 Å². The number of fused-ring (bicyclic) bond motifs is 1. The molecule has 80 valence electrons. The molecule has 0 radical (unpaired) electrons. The van der Waals surface area contributed by atoms with Gasteiger partial charge in [-0.25, -0.2) is 4.39 Å². The van der Waals surface area contributed by atoms with Crippen LogP contribution in [0.5, 0.6) is 0 Å². The predicted molar refractivity (Wildman–Crippen MR) is 67.3 cm³/mol. The largest absolute Gasteiger partial charge is 0.262 e. The summed E-state index contributed by atoms with van der Waals surface area (Å²) < 4.78 is 12.7. The van der Waals surface area contributed by atoms with Crippen LogP contribution in [0.25, 0.3) is 16.5 Å². The van der Waals surface area contributed by atoms with Gasteiger partial charge >= 0.3 is 0 Å². The average Bonchev–Trinajstić information content (AvgIpc) is 2.31. The number of hydrogen-bond acceptors (Lipinski definition) is 1. The van der Waals surface area contributed by atoms with Gasteiger partial charge in [-0.05, 0) is 30.0 Å². The molecule has 2 rings (SSSR count). The molecule has 2 aromatic carbocycles. The number of rotatable bonds is 2. The molecule has 1 nitrogen and oxygen atoms in total. The molecule has 0 amide bonds. The molecule has 16 heavy (non-hydrogen) atoms. The quantitative estimate of drug-likeness (QED) is 0.665. The summed E-state index contributed by atoms with van der Waals surface area (Å²) in [6.45, 7) is 5.39. The zero-order chi connectivity index (χ0) is 11.5. The van der Waals surface area contributed by atoms with Gasteiger partial charge < -0.3 is 0 Å². The third kappa shape index (κ3) is 1.63. The van der Waals surface area contributed by atoms with Gasteiger partial charge in [0.2, 0.25) is 0 Å². The van der Waals surface area contributed by atoms with Gasteiger partial charge in [-0.1, -0.05) is 36.4 Å². The van der Waals surface area contributed by atoms with Crippen molar-refractivity contribution in [1.82, 2.24) is 0 Å². The highest BCUT2D eigenvalue weighted by atomic mass is 19.1. The van der Waals surface area contributed by atoms with Crippen LogP contribution >= 0.6 is 0 Å². The number of halogens is 1. The molecule has 0 N–H and O–H groups in total. The molecule has 0 bridgehead atoms. The summed E-state index contributed by atoms with van der Waals surface area (Å²) in [6.07, 6.45) is 0.494. The molecule has 0 fully saturated rings. The predicted octanol–water partition coefficient (Wildman–Crippen LogP) is 4.12. The molecule has 0 heterocycles. The van der Waals surface area contributed by atoms with E-state index in [0.717, 1.165) is 21.9 Å². The second-order valence-corrected chi connectivity index (χ2v) is 3.63. The van der Waals surface area contributed by atoms with Crippen molar-refractivity contribution < 1.29 is 4.39 Å². The zero-order valence-electron chi connectivity index (χ0n) is 9.07. The summed E-state index contributed by atoms with van der Waals surface area (Å²) in [5, 5.41) is 2.11. The van der Waals surface area contributed by atoms with Crippen molar-refractivity contribution in [2.45, 2.75) is 6.92 Å². The third-order valence-electron chi connectivity index (χ3n) is 2.66. The molecule has 0 saturated carbocycles. The van der Waals surface area contributed by atoms with Crippen LogP contribution in [0.2, 0.25) is 0 Å². The van der Waals surface area contributed by atoms with Gasteiger partial charge in [0.25, 0.3) is 0 Å². The summed E-state index contributed by atoms with van der Waals surface area (Å²) >= 11 is 0. The molecule has 0 aliphatic heterocycles. The lowest BCUT2D eigenvalue weighted by molar-refractivity contribution is 0.722. The van der Waals surface area contributed by atoms with Gasteiger partial charge in [0.1, 0.15) is 6.33 Å². The standard InChI is InChI=1S/C14H12FN/c1-10-5-3-6-11-7-4-8-12(14(10)11)13(9-15)16-2/h3-9H,2H2,1H3/b13-9+. The minimum atomic E-state index is 0.278. The lowest BCUT2D eigenvalue weighted by Crippen LogP contribution is -1.86. The van der Waals surface area contributed by atoms with E-state index in [-0.39, 0.29) is 5.70 Å². The first-order valence-corrected chi connectivity index (χ1v) is 5.03. The first kappa shape index (κ1) is 10.6. The molecule has 0 saturated heterocycles. The van der Waals surface area contributed by atoms with Crippen molar-refractivity contribution in [3.63, 3.8) is 0 Å². The van der Waals surface area contributed by atoms with Crippen molar-refractivity contribution >= 4 is 23.2 Å². The first-order chi connectivity index (χ1) is 7.77. The number of aliphatic imine (C=N–C) groups is 1. The van der Waals surface area contributed by atoms with Gasteiger partial charge in [-0.3, -0.25) is 4.99 Å². The number of benzene rings is 2. The van der Waals surface area contributed by atoms with Crippen LogP contribution in [0.4, 0.5) is 4.39 Å². The van der Waals surface area contributed by atoms with Crippen LogP contribution in [0.15, 0.2) is 47.7 Å². The zero-order valence-corrected chi connectivity index (χ0v) is 9.07. The molecule has 2 aromatic rings. The Labute approximate surface area is 93.9 Å². The van der Waals surface area contributed by atoms with E-state index in [1.807, 2.05) is 43.3 Å². The highest BCUT2D eigenvalue weighted by Gasteiger charge is 2.06. The SMILES string of the molecule is C=N/C(=C/F)c1cccc2cccc(C)c12. The lowest BCUT2D eigenvalue weighted by Gasteiger charge is -2.08. The molecule has 0 aliphatic carbocycles. The minimum absolute atomic E-state index is 0.278. The maximum absolute atomic E-state index is 12.7. The Balaban J connectivity index is 2.85. The van der Waals surface area contributed by atoms with Gasteiger partial charge in [0, 0.05) is 5.56 Å². The summed E-state index contributed by atoms with van der Waals surface area (Å²) in [6, 6.07) is 11.8. The summed E-state index contributed by atoms with van der Waals surface area (Å²) in [5.74, 6) is 0. The Morgan fingerprint density at radius 3 is 2.56 bits per heavy atom. The van der Waals surface area contributed by atoms with Crippen LogP contribution < -0.4 is 0 Å². The van der Waals surface area contributed by atoms with E-state index in [4.69, 9.17) is 0 Å². The Bertz CT molecular complexity index is 565. The van der Waals surface area contributed by atoms with Gasteiger partial charge in [-0.15, -0.1) is 0 Å². The molecule has 0 atom stereocenters. The van der Waals surface area contributed by atoms with Crippen molar-refractivity contribution in [2.75, 3.05) is 0 Å². The Hall–Kier alpha value is -1.96. The van der Waals surface area contributed by atoms with E-state index in [1.54, 1.807) is 0 Å². The summed E-state index contributed by atoms with van der Waals surface area (Å²) in [4.78, 5) is 3.70. The Morgan fingerprint density at radius 1 is 1.25 bits per heavy atom. The van der Waals surface area contributed by atoms with Crippen molar-refractivity contribution in [3.8, 4) is 0 Å². The van der Waals surface area contributed by atoms with E-state index in [0.29, 0.717) is 6.33 Å². The third-order valence-corrected chi connectivity index (χ3v) is 2.66. The maximum atomic E-state index is 12.7. The fourth-order valence-corrected chi connectivity index (χ4v) is 1.92. The fraction of sp³-hybridized carbons (Fsp3) is 0.0714. The summed E-state index contributed by atoms with van der Waals surface area (Å²) in [5.41, 5.74) is 2.17. The normalized spacial score (nSPS) is 11.8. The van der Waals surface area contributed by atoms with Crippen LogP contribution in [-0.2, 0) is 0 Å². The summed E-state index contributed by atoms with van der Waals surface area (Å²) in [7, 11) is 0. The highest BCUT2D eigenvalue weighted by molar-refractivity contribution is 5.96. The second kappa shape index (κ2) is 4.27. The van der Waals surface area contributed by atoms with Crippen LogP contribution in [-0.4, -0.2) is 6.72 Å². The van der Waals surface area contributed by atoms with Crippen molar-refractivity contribution in [1.29, 1.82) is 0 Å². The molecule has 0 unspecified atom stereocenters. The number of aryl methyl sites for hydroxylation is 1. The lowest BCUT2D eigenvalue weighted by atomic mass is 9.98. The van der Waals surface area contributed by atoms with Gasteiger partial charge in [-0.2, -0.15) is 0 Å². The van der Waals surface area contributed by atoms with Gasteiger partial charge in [0.05, 0.1) is 5.70 Å². The Morgan fingerprint density at radius 2 is 1.94 bits per heavy atom. The molecular formula is C14H12FN. The highest BCUT2D eigenvalue weighted by Crippen LogP contribution is 2.28. The smallest absolute Gasteiger partial charge is 0.113 e. The van der Waals surface area contributed by atoms with E-state index in [2.05, 4.69) is 11.7 Å². The molecular weight excluding hydrogens is 201 g/mol. The topological polar surface area (TPSA) is 12.4 Å². The van der Waals surface area contributed by atoms with E-state index in [9.17, 15) is 4.39 Å². The van der Waals surface area contributed by atoms with E-state index >= 15 is 0 Å². The van der Waals surface area contributed by atoms with E-state index < -0.39 is 0 Å². The van der Waals surface area contributed by atoms with Crippen LogP contribution in [0, 0.1) is 6.92 Å². The first-order valence-electron chi connectivity index (χ1n) is 5.03. The molecule has 0 spiro atoms. The minimum Gasteiger partial charge on any atom is -0.262 e. The fourth-order valence-electron chi connectivity index (χ4n) is 1.92. The maximum Gasteiger partial charge on any atom is 0.113 e. The molecule has 0 aliphatic rings. The Kier molecular flexibility index (Phi) is 2.82. The second-order valence-electron chi connectivity index (χ2n) is 3.63. The number of nitrogens with zero attached hydrogens (tertiary/aromatic N) is 1. The molecule has 2 heteroatoms.